The van der Waals surface area contributed by atoms with Crippen molar-refractivity contribution in [2.24, 2.45) is 0 Å². The molecule has 0 atom stereocenters. The largest absolute Gasteiger partial charge is 0.352 e. The molecule has 2 rings (SSSR count). The minimum Gasteiger partial charge on any atom is -0.352 e. The number of rotatable bonds is 2. The van der Waals surface area contributed by atoms with Crippen LogP contribution in [0.4, 0.5) is 0 Å². The van der Waals surface area contributed by atoms with E-state index in [1.807, 2.05) is 0 Å². The summed E-state index contributed by atoms with van der Waals surface area (Å²) in [5.41, 5.74) is -0.106. The molecule has 0 aliphatic carbocycles. The van der Waals surface area contributed by atoms with Gasteiger partial charge in [-0.1, -0.05) is 11.3 Å². The first kappa shape index (κ1) is 13.8. The number of nitrogens with one attached hydrogen (secondary N) is 1. The Labute approximate surface area is 115 Å². The van der Waals surface area contributed by atoms with Crippen molar-refractivity contribution in [2.45, 2.75) is 32.9 Å². The van der Waals surface area contributed by atoms with Gasteiger partial charge >= 0.3 is 4.87 Å². The number of hydrogen-bond acceptors (Lipinski definition) is 4. The highest BCUT2D eigenvalue weighted by atomic mass is 32.1. The highest BCUT2D eigenvalue weighted by molar-refractivity contribution is 7.07. The fraction of sp³-hybridized carbons (Fsp3) is 0.583. The van der Waals surface area contributed by atoms with Gasteiger partial charge in [-0.2, -0.15) is 0 Å². The molecule has 0 unspecified atom stereocenters. The number of hydrogen-bond donors (Lipinski definition) is 1. The van der Waals surface area contributed by atoms with Crippen LogP contribution >= 0.6 is 11.3 Å². The third-order valence-electron chi connectivity index (χ3n) is 3.42. The fourth-order valence-corrected chi connectivity index (χ4v) is 2.89. The Balaban J connectivity index is 2.20. The molecule has 1 aliphatic heterocycles. The fourth-order valence-electron chi connectivity index (χ4n) is 2.15. The molecule has 1 N–H and O–H groups in total. The molecule has 0 radical (unpaired) electrons. The van der Waals surface area contributed by atoms with Crippen LogP contribution in [0, 0.1) is 6.92 Å². The molecular weight excluding hydrogens is 266 g/mol. The number of thiazole rings is 1. The maximum absolute atomic E-state index is 12.3. The Morgan fingerprint density at radius 3 is 2.74 bits per heavy atom. The summed E-state index contributed by atoms with van der Waals surface area (Å²) in [4.78, 5) is 37.1. The predicted molar refractivity (Wildman–Crippen MR) is 72.1 cm³/mol. The van der Waals surface area contributed by atoms with Crippen molar-refractivity contribution in [2.75, 3.05) is 13.1 Å². The predicted octanol–water partition coefficient (Wildman–Crippen LogP) is -0.0448. The average molecular weight is 283 g/mol. The maximum Gasteiger partial charge on any atom is 0.307 e. The molecule has 1 aromatic heterocycles. The van der Waals surface area contributed by atoms with Gasteiger partial charge in [0.25, 0.3) is 0 Å². The lowest BCUT2D eigenvalue weighted by Crippen LogP contribution is -2.64. The van der Waals surface area contributed by atoms with Crippen LogP contribution in [0.2, 0.25) is 0 Å². The van der Waals surface area contributed by atoms with Crippen LogP contribution in [0.15, 0.2) is 10.2 Å². The van der Waals surface area contributed by atoms with E-state index in [-0.39, 0.29) is 23.2 Å². The highest BCUT2D eigenvalue weighted by Crippen LogP contribution is 2.18. The van der Waals surface area contributed by atoms with Crippen molar-refractivity contribution in [1.82, 2.24) is 14.8 Å². The Kier molecular flexibility index (Phi) is 3.49. The van der Waals surface area contributed by atoms with Crippen LogP contribution in [-0.2, 0) is 16.1 Å². The van der Waals surface area contributed by atoms with Crippen LogP contribution in [0.1, 0.15) is 19.5 Å². The Morgan fingerprint density at radius 2 is 2.16 bits per heavy atom. The van der Waals surface area contributed by atoms with Crippen molar-refractivity contribution in [1.29, 1.82) is 0 Å². The molecule has 104 valence electrons. The van der Waals surface area contributed by atoms with E-state index < -0.39 is 5.54 Å². The molecule has 0 saturated carbocycles. The zero-order chi connectivity index (χ0) is 14.2. The zero-order valence-electron chi connectivity index (χ0n) is 11.2. The first-order valence-corrected chi connectivity index (χ1v) is 6.95. The summed E-state index contributed by atoms with van der Waals surface area (Å²) in [5.74, 6) is -0.370. The molecule has 1 aliphatic rings. The molecular formula is C12H17N3O3S. The Hall–Kier alpha value is -1.63. The zero-order valence-corrected chi connectivity index (χ0v) is 12.0. The number of amides is 2. The lowest BCUT2D eigenvalue weighted by Gasteiger charge is -2.41. The van der Waals surface area contributed by atoms with E-state index in [1.165, 1.54) is 9.47 Å². The van der Waals surface area contributed by atoms with Gasteiger partial charge in [0.15, 0.2) is 0 Å². The van der Waals surface area contributed by atoms with Gasteiger partial charge < -0.3 is 10.2 Å². The van der Waals surface area contributed by atoms with Gasteiger partial charge in [-0.25, -0.2) is 0 Å². The van der Waals surface area contributed by atoms with Crippen molar-refractivity contribution in [3.8, 4) is 0 Å². The smallest absolute Gasteiger partial charge is 0.307 e. The molecule has 2 heterocycles. The number of piperazine rings is 1. The number of carbonyl (C=O) groups excluding carboxylic acids is 2. The van der Waals surface area contributed by atoms with E-state index in [1.54, 1.807) is 26.2 Å². The second-order valence-corrected chi connectivity index (χ2v) is 5.91. The minimum absolute atomic E-state index is 0.00905. The summed E-state index contributed by atoms with van der Waals surface area (Å²) in [6, 6.07) is 0. The number of nitrogens with zero attached hydrogens (tertiary/aromatic N) is 2. The van der Waals surface area contributed by atoms with Crippen LogP contribution < -0.4 is 10.2 Å². The van der Waals surface area contributed by atoms with Crippen LogP contribution in [0.5, 0.6) is 0 Å². The van der Waals surface area contributed by atoms with Crippen LogP contribution in [-0.4, -0.2) is 39.9 Å². The van der Waals surface area contributed by atoms with E-state index in [0.717, 1.165) is 17.0 Å². The Bertz CT molecular complexity index is 573. The first-order valence-electron chi connectivity index (χ1n) is 6.07. The Morgan fingerprint density at radius 1 is 1.47 bits per heavy atom. The lowest BCUT2D eigenvalue weighted by molar-refractivity contribution is -0.149. The summed E-state index contributed by atoms with van der Waals surface area (Å²) >= 11 is 1.08. The average Bonchev–Trinajstić information content (AvgIpc) is 2.64. The molecule has 1 saturated heterocycles. The number of aromatic nitrogens is 1. The van der Waals surface area contributed by atoms with E-state index in [0.29, 0.717) is 13.1 Å². The van der Waals surface area contributed by atoms with Gasteiger partial charge in [-0.05, 0) is 20.8 Å². The summed E-state index contributed by atoms with van der Waals surface area (Å²) in [6.07, 6.45) is 0. The third kappa shape index (κ3) is 2.42. The molecule has 2 amide bonds. The molecule has 7 heteroatoms. The normalized spacial score (nSPS) is 18.3. The van der Waals surface area contributed by atoms with E-state index in [4.69, 9.17) is 0 Å². The van der Waals surface area contributed by atoms with E-state index >= 15 is 0 Å². The van der Waals surface area contributed by atoms with Gasteiger partial charge in [-0.15, -0.1) is 0 Å². The number of carbonyl (C=O) groups is 2. The first-order chi connectivity index (χ1) is 8.84. The molecule has 1 fully saturated rings. The molecule has 0 spiro atoms. The van der Waals surface area contributed by atoms with E-state index in [9.17, 15) is 14.4 Å². The SMILES string of the molecule is Cc1csc(=O)n1CC(=O)N1CCNC(=O)C1(C)C. The lowest BCUT2D eigenvalue weighted by atomic mass is 9.99. The summed E-state index contributed by atoms with van der Waals surface area (Å²) in [6.45, 7) is 6.12. The van der Waals surface area contributed by atoms with Crippen LogP contribution in [0.25, 0.3) is 0 Å². The maximum atomic E-state index is 12.3. The number of aryl methyl sites for hydroxylation is 1. The van der Waals surface area contributed by atoms with Crippen molar-refractivity contribution >= 4 is 23.2 Å². The van der Waals surface area contributed by atoms with Gasteiger partial charge in [0.05, 0.1) is 0 Å². The molecule has 1 aromatic rings. The van der Waals surface area contributed by atoms with Crippen molar-refractivity contribution in [3.63, 3.8) is 0 Å². The van der Waals surface area contributed by atoms with Gasteiger partial charge in [0, 0.05) is 24.2 Å². The van der Waals surface area contributed by atoms with Gasteiger partial charge in [-0.3, -0.25) is 19.0 Å². The van der Waals surface area contributed by atoms with Crippen molar-refractivity contribution in [3.05, 3.63) is 20.7 Å². The van der Waals surface area contributed by atoms with Gasteiger partial charge in [0.1, 0.15) is 12.1 Å². The standard InChI is InChI=1S/C12H17N3O3S/c1-8-7-19-11(18)14(8)6-9(16)15-5-4-13-10(17)12(15,2)3/h7H,4-6H2,1-3H3,(H,13,17). The molecule has 19 heavy (non-hydrogen) atoms. The van der Waals surface area contributed by atoms with E-state index in [2.05, 4.69) is 5.32 Å². The molecule has 0 bridgehead atoms. The topological polar surface area (TPSA) is 71.4 Å². The summed E-state index contributed by atoms with van der Waals surface area (Å²) in [5, 5.41) is 4.47. The molecule has 6 nitrogen and oxygen atoms in total. The monoisotopic (exact) mass is 283 g/mol. The third-order valence-corrected chi connectivity index (χ3v) is 4.30. The quantitative estimate of drug-likeness (QED) is 0.827. The minimum atomic E-state index is -0.872. The van der Waals surface area contributed by atoms with Crippen LogP contribution in [0.3, 0.4) is 0 Å². The summed E-state index contributed by atoms with van der Waals surface area (Å²) < 4.78 is 1.44. The van der Waals surface area contributed by atoms with Crippen molar-refractivity contribution < 1.29 is 9.59 Å². The summed E-state index contributed by atoms with van der Waals surface area (Å²) in [7, 11) is 0. The second-order valence-electron chi connectivity index (χ2n) is 5.09. The highest BCUT2D eigenvalue weighted by Gasteiger charge is 2.40. The second kappa shape index (κ2) is 4.80. The van der Waals surface area contributed by atoms with Gasteiger partial charge in [0.2, 0.25) is 11.8 Å². The molecule has 0 aromatic carbocycles.